The molecule has 0 aliphatic carbocycles. The Balaban J connectivity index is 1.60. The van der Waals surface area contributed by atoms with Gasteiger partial charge in [-0.25, -0.2) is 13.1 Å². The number of hydrogen-bond donors (Lipinski definition) is 2. The predicted octanol–water partition coefficient (Wildman–Crippen LogP) is 4.40. The molecule has 0 radical (unpaired) electrons. The van der Waals surface area contributed by atoms with Gasteiger partial charge in [-0.2, -0.15) is 0 Å². The molecule has 0 aliphatic rings. The topological polar surface area (TPSA) is 84.5 Å². The summed E-state index contributed by atoms with van der Waals surface area (Å²) >= 11 is 0. The molecule has 156 valence electrons. The van der Waals surface area contributed by atoms with Crippen molar-refractivity contribution in [3.8, 4) is 11.5 Å². The van der Waals surface area contributed by atoms with E-state index in [2.05, 4.69) is 10.0 Å². The summed E-state index contributed by atoms with van der Waals surface area (Å²) in [5, 5.41) is 2.78. The lowest BCUT2D eigenvalue weighted by molar-refractivity contribution is -0.116. The average molecular weight is 425 g/mol. The van der Waals surface area contributed by atoms with Crippen LogP contribution in [-0.4, -0.2) is 20.9 Å². The lowest BCUT2D eigenvalue weighted by atomic mass is 10.2. The Morgan fingerprint density at radius 1 is 0.933 bits per heavy atom. The molecule has 0 spiro atoms. The second kappa shape index (κ2) is 9.56. The van der Waals surface area contributed by atoms with Gasteiger partial charge in [0.15, 0.2) is 5.75 Å². The highest BCUT2D eigenvalue weighted by atomic mass is 32.2. The molecule has 30 heavy (non-hydrogen) atoms. The van der Waals surface area contributed by atoms with E-state index >= 15 is 0 Å². The summed E-state index contributed by atoms with van der Waals surface area (Å²) in [6, 6.07) is 21.6. The van der Waals surface area contributed by atoms with E-state index in [1.807, 2.05) is 49.4 Å². The first-order valence-electron chi connectivity index (χ1n) is 9.54. The standard InChI is InChI=1S/C23H24N2O4S/c1-17-12-13-18(2)22(16-17)30(27,28)24-15-14-23(26)25-20-10-6-7-11-21(20)29-19-8-4-3-5-9-19/h3-13,16,24H,14-15H2,1-2H3,(H,25,26). The lowest BCUT2D eigenvalue weighted by Crippen LogP contribution is -2.28. The van der Waals surface area contributed by atoms with Crippen LogP contribution < -0.4 is 14.8 Å². The minimum absolute atomic E-state index is 0.0102. The molecule has 1 amide bonds. The molecule has 0 saturated carbocycles. The Bertz CT molecular complexity index is 1130. The van der Waals surface area contributed by atoms with Crippen LogP contribution in [0.5, 0.6) is 11.5 Å². The molecular formula is C23H24N2O4S. The molecule has 0 fully saturated rings. The van der Waals surface area contributed by atoms with E-state index < -0.39 is 10.0 Å². The van der Waals surface area contributed by atoms with Gasteiger partial charge in [0.1, 0.15) is 5.75 Å². The number of anilines is 1. The Kier molecular flexibility index (Phi) is 6.87. The molecule has 0 heterocycles. The summed E-state index contributed by atoms with van der Waals surface area (Å²) in [7, 11) is -3.69. The molecular weight excluding hydrogens is 400 g/mol. The third-order valence-electron chi connectivity index (χ3n) is 4.41. The number of carbonyl (C=O) groups excluding carboxylic acids is 1. The molecule has 2 N–H and O–H groups in total. The van der Waals surface area contributed by atoms with Gasteiger partial charge in [-0.1, -0.05) is 42.5 Å². The lowest BCUT2D eigenvalue weighted by Gasteiger charge is -2.13. The van der Waals surface area contributed by atoms with Gasteiger partial charge in [0, 0.05) is 13.0 Å². The first kappa shape index (κ1) is 21.5. The van der Waals surface area contributed by atoms with Gasteiger partial charge in [0.05, 0.1) is 10.6 Å². The Morgan fingerprint density at radius 2 is 1.63 bits per heavy atom. The van der Waals surface area contributed by atoms with Gasteiger partial charge < -0.3 is 10.1 Å². The van der Waals surface area contributed by atoms with E-state index in [0.717, 1.165) is 5.56 Å². The predicted molar refractivity (Wildman–Crippen MR) is 117 cm³/mol. The number of carbonyl (C=O) groups is 1. The average Bonchev–Trinajstić information content (AvgIpc) is 2.72. The first-order valence-corrected chi connectivity index (χ1v) is 11.0. The Labute approximate surface area is 177 Å². The van der Waals surface area contributed by atoms with E-state index in [-0.39, 0.29) is 23.8 Å². The number of nitrogens with one attached hydrogen (secondary N) is 2. The Morgan fingerprint density at radius 3 is 2.40 bits per heavy atom. The number of aryl methyl sites for hydroxylation is 2. The fraction of sp³-hybridized carbons (Fsp3) is 0.174. The van der Waals surface area contributed by atoms with Crippen molar-refractivity contribution in [1.29, 1.82) is 0 Å². The SMILES string of the molecule is Cc1ccc(C)c(S(=O)(=O)NCCC(=O)Nc2ccccc2Oc2ccccc2)c1. The molecule has 0 atom stereocenters. The zero-order valence-corrected chi connectivity index (χ0v) is 17.7. The number of ether oxygens (including phenoxy) is 1. The van der Waals surface area contributed by atoms with E-state index in [0.29, 0.717) is 22.7 Å². The van der Waals surface area contributed by atoms with Crippen LogP contribution >= 0.6 is 0 Å². The van der Waals surface area contributed by atoms with Gasteiger partial charge in [0.25, 0.3) is 0 Å². The van der Waals surface area contributed by atoms with E-state index in [4.69, 9.17) is 4.74 Å². The summed E-state index contributed by atoms with van der Waals surface area (Å²) < 4.78 is 33.4. The molecule has 0 saturated heterocycles. The van der Waals surface area contributed by atoms with E-state index in [1.165, 1.54) is 0 Å². The summed E-state index contributed by atoms with van der Waals surface area (Å²) in [5.74, 6) is 0.844. The second-order valence-electron chi connectivity index (χ2n) is 6.88. The monoisotopic (exact) mass is 424 g/mol. The van der Waals surface area contributed by atoms with Gasteiger partial charge in [-0.3, -0.25) is 4.79 Å². The number of rotatable bonds is 8. The van der Waals surface area contributed by atoms with Crippen LogP contribution in [0.1, 0.15) is 17.5 Å². The highest BCUT2D eigenvalue weighted by Crippen LogP contribution is 2.29. The fourth-order valence-electron chi connectivity index (χ4n) is 2.86. The maximum Gasteiger partial charge on any atom is 0.240 e. The number of sulfonamides is 1. The van der Waals surface area contributed by atoms with Gasteiger partial charge >= 0.3 is 0 Å². The van der Waals surface area contributed by atoms with Crippen molar-refractivity contribution in [3.63, 3.8) is 0 Å². The number of amides is 1. The fourth-order valence-corrected chi connectivity index (χ4v) is 4.22. The molecule has 0 aromatic heterocycles. The minimum Gasteiger partial charge on any atom is -0.455 e. The highest BCUT2D eigenvalue weighted by Gasteiger charge is 2.17. The largest absolute Gasteiger partial charge is 0.455 e. The van der Waals surface area contributed by atoms with Gasteiger partial charge in [0.2, 0.25) is 15.9 Å². The zero-order chi connectivity index (χ0) is 21.6. The zero-order valence-electron chi connectivity index (χ0n) is 16.9. The van der Waals surface area contributed by atoms with Crippen molar-refractivity contribution in [2.24, 2.45) is 0 Å². The van der Waals surface area contributed by atoms with Crippen LogP contribution in [0.15, 0.2) is 77.7 Å². The maximum atomic E-state index is 12.5. The van der Waals surface area contributed by atoms with Crippen LogP contribution in [0, 0.1) is 13.8 Å². The molecule has 0 unspecified atom stereocenters. The molecule has 3 rings (SSSR count). The molecule has 3 aromatic carbocycles. The molecule has 3 aromatic rings. The van der Waals surface area contributed by atoms with Crippen molar-refractivity contribution in [1.82, 2.24) is 4.72 Å². The molecule has 0 bridgehead atoms. The molecule has 0 aliphatic heterocycles. The van der Waals surface area contributed by atoms with Crippen LogP contribution in [-0.2, 0) is 14.8 Å². The Hall–Kier alpha value is -3.16. The smallest absolute Gasteiger partial charge is 0.240 e. The summed E-state index contributed by atoms with van der Waals surface area (Å²) in [6.45, 7) is 3.56. The third kappa shape index (κ3) is 5.68. The van der Waals surface area contributed by atoms with E-state index in [1.54, 1.807) is 37.3 Å². The number of benzene rings is 3. The van der Waals surface area contributed by atoms with Crippen molar-refractivity contribution < 1.29 is 17.9 Å². The first-order chi connectivity index (χ1) is 14.3. The molecule has 7 heteroatoms. The van der Waals surface area contributed by atoms with Crippen molar-refractivity contribution in [3.05, 3.63) is 83.9 Å². The summed E-state index contributed by atoms with van der Waals surface area (Å²) in [4.78, 5) is 12.6. The summed E-state index contributed by atoms with van der Waals surface area (Å²) in [6.07, 6.45) is -0.0102. The van der Waals surface area contributed by atoms with Gasteiger partial charge in [-0.15, -0.1) is 0 Å². The normalized spacial score (nSPS) is 11.1. The number of para-hydroxylation sites is 3. The van der Waals surface area contributed by atoms with Crippen LogP contribution in [0.2, 0.25) is 0 Å². The second-order valence-corrected chi connectivity index (χ2v) is 8.61. The van der Waals surface area contributed by atoms with Crippen molar-refractivity contribution >= 4 is 21.6 Å². The quantitative estimate of drug-likeness (QED) is 0.561. The minimum atomic E-state index is -3.69. The van der Waals surface area contributed by atoms with Crippen LogP contribution in [0.4, 0.5) is 5.69 Å². The van der Waals surface area contributed by atoms with E-state index in [9.17, 15) is 13.2 Å². The van der Waals surface area contributed by atoms with Crippen LogP contribution in [0.3, 0.4) is 0 Å². The molecule has 6 nitrogen and oxygen atoms in total. The summed E-state index contributed by atoms with van der Waals surface area (Å²) in [5.41, 5.74) is 2.03. The van der Waals surface area contributed by atoms with Crippen molar-refractivity contribution in [2.75, 3.05) is 11.9 Å². The highest BCUT2D eigenvalue weighted by molar-refractivity contribution is 7.89. The maximum absolute atomic E-state index is 12.5. The number of hydrogen-bond acceptors (Lipinski definition) is 4. The third-order valence-corrected chi connectivity index (χ3v) is 6.01. The van der Waals surface area contributed by atoms with Gasteiger partial charge in [-0.05, 0) is 55.3 Å². The van der Waals surface area contributed by atoms with Crippen molar-refractivity contribution in [2.45, 2.75) is 25.2 Å². The van der Waals surface area contributed by atoms with Crippen LogP contribution in [0.25, 0.3) is 0 Å².